The van der Waals surface area contributed by atoms with Crippen LogP contribution in [-0.2, 0) is 18.0 Å². The number of aryl methyl sites for hydroxylation is 1. The van der Waals surface area contributed by atoms with Crippen molar-refractivity contribution in [2.75, 3.05) is 43.7 Å². The largest absolute Gasteiger partial charge is 0.481 e. The number of hydrogen-bond donors (Lipinski definition) is 1. The summed E-state index contributed by atoms with van der Waals surface area (Å²) in [6.45, 7) is 2.99. The highest BCUT2D eigenvalue weighted by Crippen LogP contribution is 2.35. The molecule has 4 aromatic rings. The molecule has 1 aliphatic heterocycles. The number of anilines is 1. The second kappa shape index (κ2) is 10.8. The highest BCUT2D eigenvalue weighted by Gasteiger charge is 2.35. The Bertz CT molecular complexity index is 1730. The number of halogens is 4. The van der Waals surface area contributed by atoms with Gasteiger partial charge in [-0.3, -0.25) is 9.59 Å². The van der Waals surface area contributed by atoms with E-state index in [0.29, 0.717) is 37.9 Å². The first kappa shape index (κ1) is 28.1. The predicted octanol–water partition coefficient (Wildman–Crippen LogP) is 3.47. The molecule has 3 aromatic heterocycles. The van der Waals surface area contributed by atoms with E-state index in [-0.39, 0.29) is 33.6 Å². The van der Waals surface area contributed by atoms with Gasteiger partial charge < -0.3 is 19.8 Å². The van der Waals surface area contributed by atoms with Crippen LogP contribution in [-0.4, -0.2) is 52.9 Å². The Kier molecular flexibility index (Phi) is 7.43. The second-order valence-electron chi connectivity index (χ2n) is 9.45. The number of alkyl halides is 3. The quantitative estimate of drug-likeness (QED) is 0.350. The lowest BCUT2D eigenvalue weighted by atomic mass is 10.0. The summed E-state index contributed by atoms with van der Waals surface area (Å²) < 4.78 is 68.1. The molecule has 0 radical (unpaired) electrons. The Hall–Kier alpha value is -4.46. The monoisotopic (exact) mass is 574 g/mol. The van der Waals surface area contributed by atoms with Crippen LogP contribution < -0.4 is 26.2 Å². The highest BCUT2D eigenvalue weighted by atomic mass is 19.4. The molecule has 0 spiro atoms. The van der Waals surface area contributed by atoms with Gasteiger partial charge in [-0.2, -0.15) is 18.3 Å². The zero-order valence-corrected chi connectivity index (χ0v) is 22.3. The minimum Gasteiger partial charge on any atom is -0.481 e. The summed E-state index contributed by atoms with van der Waals surface area (Å²) in [5.74, 6) is -1.13. The number of hydrogen-bond acceptors (Lipinski definition) is 8. The molecule has 1 fully saturated rings. The number of aromatic nitrogens is 4. The van der Waals surface area contributed by atoms with Crippen molar-refractivity contribution in [3.63, 3.8) is 0 Å². The van der Waals surface area contributed by atoms with E-state index in [9.17, 15) is 27.2 Å². The van der Waals surface area contributed by atoms with Gasteiger partial charge in [-0.1, -0.05) is 12.1 Å². The van der Waals surface area contributed by atoms with Crippen molar-refractivity contribution in [1.82, 2.24) is 19.4 Å². The van der Waals surface area contributed by atoms with Crippen LogP contribution in [0.1, 0.15) is 24.1 Å². The molecule has 41 heavy (non-hydrogen) atoms. The van der Waals surface area contributed by atoms with Gasteiger partial charge in [-0.25, -0.2) is 18.7 Å². The Morgan fingerprint density at radius 2 is 1.85 bits per heavy atom. The van der Waals surface area contributed by atoms with Crippen LogP contribution in [0.2, 0.25) is 0 Å². The molecular formula is C27H26F4N6O4. The van der Waals surface area contributed by atoms with E-state index >= 15 is 0 Å². The van der Waals surface area contributed by atoms with Crippen molar-refractivity contribution in [1.29, 1.82) is 0 Å². The smallest absolute Gasteiger partial charge is 0.419 e. The third-order valence-electron chi connectivity index (χ3n) is 6.88. The Labute approximate surface area is 230 Å². The van der Waals surface area contributed by atoms with E-state index in [1.807, 2.05) is 0 Å². The fourth-order valence-corrected chi connectivity index (χ4v) is 4.83. The first-order chi connectivity index (χ1) is 19.5. The van der Waals surface area contributed by atoms with Crippen molar-refractivity contribution in [2.45, 2.75) is 19.1 Å². The molecule has 0 amide bonds. The summed E-state index contributed by atoms with van der Waals surface area (Å²) in [6, 6.07) is 5.12. The molecule has 0 bridgehead atoms. The van der Waals surface area contributed by atoms with Crippen molar-refractivity contribution < 1.29 is 27.0 Å². The molecule has 5 rings (SSSR count). The van der Waals surface area contributed by atoms with Gasteiger partial charge in [-0.15, -0.1) is 0 Å². The van der Waals surface area contributed by atoms with E-state index in [1.54, 1.807) is 11.1 Å². The molecule has 1 aliphatic rings. The third-order valence-corrected chi connectivity index (χ3v) is 6.88. The number of ether oxygens (including phenoxy) is 2. The van der Waals surface area contributed by atoms with Crippen LogP contribution in [0.3, 0.4) is 0 Å². The number of nitrogens with one attached hydrogen (secondary N) is 1. The average Bonchev–Trinajstić information content (AvgIpc) is 2.95. The molecule has 14 heteroatoms. The lowest BCUT2D eigenvalue weighted by Gasteiger charge is -2.31. The summed E-state index contributed by atoms with van der Waals surface area (Å²) in [7, 11) is 2.80. The Morgan fingerprint density at radius 1 is 1.12 bits per heavy atom. The average molecular weight is 575 g/mol. The number of pyridine rings is 2. The standard InChI is InChI=1S/C27H26F4N6O4/c1-15(17-5-4-6-19(23(17)28)27(29,30)31)33-24-18-14-37(36-9-11-41-12-10-36)26(39)21(22(18)25(38)35(2)34-24)16-7-8-32-20(13-16)40-3/h4-8,13-15H,9-12H2,1-3H3,(H,33,34)/t15-/m1/s1. The second-order valence-corrected chi connectivity index (χ2v) is 9.45. The predicted molar refractivity (Wildman–Crippen MR) is 143 cm³/mol. The molecule has 1 saturated heterocycles. The summed E-state index contributed by atoms with van der Waals surface area (Å²) in [4.78, 5) is 31.5. The molecule has 0 aliphatic carbocycles. The van der Waals surface area contributed by atoms with Crippen molar-refractivity contribution >= 4 is 16.6 Å². The first-order valence-corrected chi connectivity index (χ1v) is 12.6. The number of nitrogens with zero attached hydrogens (tertiary/aromatic N) is 5. The van der Waals surface area contributed by atoms with E-state index in [2.05, 4.69) is 15.4 Å². The maximum Gasteiger partial charge on any atom is 0.419 e. The van der Waals surface area contributed by atoms with Gasteiger partial charge >= 0.3 is 6.18 Å². The van der Waals surface area contributed by atoms with Gasteiger partial charge in [0, 0.05) is 31.1 Å². The fraction of sp³-hybridized carbons (Fsp3) is 0.333. The molecular weight excluding hydrogens is 548 g/mol. The summed E-state index contributed by atoms with van der Waals surface area (Å²) in [5, 5.41) is 9.25. The summed E-state index contributed by atoms with van der Waals surface area (Å²) >= 11 is 0. The lowest BCUT2D eigenvalue weighted by molar-refractivity contribution is -0.140. The number of benzene rings is 1. The number of fused-ring (bicyclic) bond motifs is 1. The van der Waals surface area contributed by atoms with Gasteiger partial charge in [0.15, 0.2) is 5.82 Å². The van der Waals surface area contributed by atoms with Crippen LogP contribution in [0.25, 0.3) is 21.9 Å². The molecule has 10 nitrogen and oxygen atoms in total. The van der Waals surface area contributed by atoms with E-state index < -0.39 is 34.7 Å². The van der Waals surface area contributed by atoms with Crippen molar-refractivity contribution in [3.8, 4) is 17.0 Å². The van der Waals surface area contributed by atoms with Crippen molar-refractivity contribution in [3.05, 3.63) is 80.4 Å². The maximum absolute atomic E-state index is 15.0. The molecule has 1 aromatic carbocycles. The van der Waals surface area contributed by atoms with Gasteiger partial charge in [0.05, 0.1) is 61.4 Å². The zero-order valence-electron chi connectivity index (χ0n) is 22.3. The van der Waals surface area contributed by atoms with E-state index in [0.717, 1.165) is 10.7 Å². The van der Waals surface area contributed by atoms with Crippen LogP contribution in [0, 0.1) is 5.82 Å². The minimum atomic E-state index is -4.88. The maximum atomic E-state index is 15.0. The molecule has 1 atom stereocenters. The molecule has 1 N–H and O–H groups in total. The van der Waals surface area contributed by atoms with Gasteiger partial charge in [0.2, 0.25) is 5.88 Å². The van der Waals surface area contributed by atoms with E-state index in [4.69, 9.17) is 9.47 Å². The molecule has 4 heterocycles. The highest BCUT2D eigenvalue weighted by molar-refractivity contribution is 6.00. The normalized spacial score (nSPS) is 14.8. The molecule has 0 unspecified atom stereocenters. The summed E-state index contributed by atoms with van der Waals surface area (Å²) in [5.41, 5.74) is -2.29. The van der Waals surface area contributed by atoms with Crippen LogP contribution in [0.5, 0.6) is 5.88 Å². The zero-order chi connectivity index (χ0) is 29.5. The van der Waals surface area contributed by atoms with Crippen LogP contribution in [0.15, 0.2) is 52.3 Å². The third kappa shape index (κ3) is 5.22. The van der Waals surface area contributed by atoms with Crippen molar-refractivity contribution in [2.24, 2.45) is 7.05 Å². The molecule has 216 valence electrons. The SMILES string of the molecule is COc1cc(-c2c(=O)n(N3CCOCC3)cc3c(N[C@H](C)c4cccc(C(F)(F)F)c4F)nn(C)c(=O)c23)ccn1. The Morgan fingerprint density at radius 3 is 2.54 bits per heavy atom. The topological polar surface area (TPSA) is 104 Å². The van der Waals surface area contributed by atoms with Crippen LogP contribution >= 0.6 is 0 Å². The lowest BCUT2D eigenvalue weighted by Crippen LogP contribution is -2.49. The number of rotatable bonds is 6. The summed E-state index contributed by atoms with van der Waals surface area (Å²) in [6.07, 6.45) is -1.98. The minimum absolute atomic E-state index is 0.0180. The van der Waals surface area contributed by atoms with Crippen LogP contribution in [0.4, 0.5) is 23.4 Å². The van der Waals surface area contributed by atoms with Gasteiger partial charge in [0.1, 0.15) is 5.82 Å². The number of morpholine rings is 1. The fourth-order valence-electron chi connectivity index (χ4n) is 4.83. The Balaban J connectivity index is 1.75. The van der Waals surface area contributed by atoms with Gasteiger partial charge in [-0.05, 0) is 24.6 Å². The molecule has 0 saturated carbocycles. The first-order valence-electron chi connectivity index (χ1n) is 12.6. The van der Waals surface area contributed by atoms with E-state index in [1.165, 1.54) is 50.3 Å². The van der Waals surface area contributed by atoms with Gasteiger partial charge in [0.25, 0.3) is 11.1 Å². The number of methoxy groups -OCH3 is 1.